The second kappa shape index (κ2) is 5.08. The van der Waals surface area contributed by atoms with Gasteiger partial charge in [0.15, 0.2) is 0 Å². The fourth-order valence-electron chi connectivity index (χ4n) is 2.01. The van der Waals surface area contributed by atoms with Crippen LogP contribution in [-0.4, -0.2) is 17.0 Å². The van der Waals surface area contributed by atoms with Gasteiger partial charge in [-0.25, -0.2) is 0 Å². The van der Waals surface area contributed by atoms with Crippen LogP contribution in [0.15, 0.2) is 42.5 Å². The maximum absolute atomic E-state index is 11.8. The number of carbonyl (C=O) groups is 1. The van der Waals surface area contributed by atoms with Gasteiger partial charge < -0.3 is 9.88 Å². The third-order valence-corrected chi connectivity index (χ3v) is 2.91. The first-order chi connectivity index (χ1) is 8.58. The number of benzene rings is 1. The van der Waals surface area contributed by atoms with Crippen LogP contribution in [0, 0.1) is 6.92 Å². The number of nitrogens with one attached hydrogen (secondary N) is 1. The van der Waals surface area contributed by atoms with Gasteiger partial charge in [0, 0.05) is 17.8 Å². The quantitative estimate of drug-likeness (QED) is 0.822. The lowest BCUT2D eigenvalue weighted by atomic mass is 10.2. The van der Waals surface area contributed by atoms with E-state index in [1.807, 2.05) is 36.6 Å². The third-order valence-electron chi connectivity index (χ3n) is 2.91. The minimum atomic E-state index is 0.0162. The summed E-state index contributed by atoms with van der Waals surface area (Å²) in [5.41, 5.74) is 3.15. The molecule has 3 nitrogen and oxygen atoms in total. The Kier molecular flexibility index (Phi) is 3.51. The van der Waals surface area contributed by atoms with E-state index in [1.54, 1.807) is 0 Å². The molecule has 0 aliphatic heterocycles. The van der Waals surface area contributed by atoms with Crippen molar-refractivity contribution in [1.29, 1.82) is 0 Å². The number of carbonyl (C=O) groups excluding carboxylic acids is 1. The highest BCUT2D eigenvalue weighted by Crippen LogP contribution is 2.18. The molecule has 0 spiro atoms. The van der Waals surface area contributed by atoms with Crippen LogP contribution >= 0.6 is 0 Å². The van der Waals surface area contributed by atoms with Crippen LogP contribution in [0.4, 0.5) is 0 Å². The Morgan fingerprint density at radius 2 is 2.11 bits per heavy atom. The van der Waals surface area contributed by atoms with Crippen LogP contribution in [0.3, 0.4) is 0 Å². The third kappa shape index (κ3) is 2.62. The van der Waals surface area contributed by atoms with E-state index in [-0.39, 0.29) is 5.91 Å². The lowest BCUT2D eigenvalue weighted by Gasteiger charge is -2.09. The predicted molar refractivity (Wildman–Crippen MR) is 74.5 cm³/mol. The first-order valence-electron chi connectivity index (χ1n) is 6.04. The van der Waals surface area contributed by atoms with E-state index in [0.717, 1.165) is 16.8 Å². The topological polar surface area (TPSA) is 34.0 Å². The van der Waals surface area contributed by atoms with E-state index in [9.17, 15) is 4.79 Å². The monoisotopic (exact) mass is 242 g/mol. The summed E-state index contributed by atoms with van der Waals surface area (Å²) < 4.78 is 2.03. The first kappa shape index (κ1) is 12.4. The number of amides is 1. The molecular weight excluding hydrogens is 224 g/mol. The molecule has 0 aliphatic rings. The largest absolute Gasteiger partial charge is 0.351 e. The van der Waals surface area contributed by atoms with Crippen LogP contribution in [0.25, 0.3) is 10.9 Å². The normalized spacial score (nSPS) is 10.6. The zero-order valence-corrected chi connectivity index (χ0v) is 10.9. The van der Waals surface area contributed by atoms with Crippen LogP contribution in [0.5, 0.6) is 0 Å². The fraction of sp³-hybridized carbons (Fsp3) is 0.267. The number of rotatable bonds is 4. The SMILES string of the molecule is C=C(C)CNC(=O)Cn1c(C)cc2ccccc21. The fourth-order valence-corrected chi connectivity index (χ4v) is 2.01. The van der Waals surface area contributed by atoms with Crippen molar-refractivity contribution < 1.29 is 4.79 Å². The second-order valence-electron chi connectivity index (χ2n) is 4.66. The summed E-state index contributed by atoms with van der Waals surface area (Å²) in [4.78, 5) is 11.8. The molecule has 1 amide bonds. The average Bonchev–Trinajstić information content (AvgIpc) is 2.64. The summed E-state index contributed by atoms with van der Waals surface area (Å²) in [7, 11) is 0. The molecule has 0 atom stereocenters. The van der Waals surface area contributed by atoms with Gasteiger partial charge in [0.1, 0.15) is 6.54 Å². The maximum atomic E-state index is 11.8. The molecule has 1 aromatic heterocycles. The van der Waals surface area contributed by atoms with Crippen LogP contribution < -0.4 is 5.32 Å². The molecule has 2 rings (SSSR count). The van der Waals surface area contributed by atoms with Gasteiger partial charge >= 0.3 is 0 Å². The van der Waals surface area contributed by atoms with Gasteiger partial charge in [-0.3, -0.25) is 4.79 Å². The molecule has 3 heteroatoms. The summed E-state index contributed by atoms with van der Waals surface area (Å²) in [5.74, 6) is 0.0162. The zero-order valence-electron chi connectivity index (χ0n) is 10.9. The molecule has 94 valence electrons. The van der Waals surface area contributed by atoms with Crippen LogP contribution in [-0.2, 0) is 11.3 Å². The molecular formula is C15H18N2O. The molecule has 1 aromatic carbocycles. The molecule has 0 saturated heterocycles. The molecule has 0 radical (unpaired) electrons. The van der Waals surface area contributed by atoms with Crippen molar-refractivity contribution in [3.63, 3.8) is 0 Å². The van der Waals surface area contributed by atoms with Gasteiger partial charge in [-0.05, 0) is 31.4 Å². The highest BCUT2D eigenvalue weighted by molar-refractivity contribution is 5.84. The van der Waals surface area contributed by atoms with Crippen molar-refractivity contribution in [3.8, 4) is 0 Å². The summed E-state index contributed by atoms with van der Waals surface area (Å²) in [5, 5.41) is 4.02. The van der Waals surface area contributed by atoms with Gasteiger partial charge in [0.25, 0.3) is 0 Å². The van der Waals surface area contributed by atoms with Crippen molar-refractivity contribution in [2.75, 3.05) is 6.54 Å². The second-order valence-corrected chi connectivity index (χ2v) is 4.66. The van der Waals surface area contributed by atoms with E-state index in [1.165, 1.54) is 5.39 Å². The zero-order chi connectivity index (χ0) is 13.1. The maximum Gasteiger partial charge on any atom is 0.240 e. The minimum Gasteiger partial charge on any atom is -0.351 e. The molecule has 0 fully saturated rings. The smallest absolute Gasteiger partial charge is 0.240 e. The number of nitrogens with zero attached hydrogens (tertiary/aromatic N) is 1. The van der Waals surface area contributed by atoms with Gasteiger partial charge in [-0.15, -0.1) is 0 Å². The standard InChI is InChI=1S/C15H18N2O/c1-11(2)9-16-15(18)10-17-12(3)8-13-6-4-5-7-14(13)17/h4-8H,1,9-10H2,2-3H3,(H,16,18). The Labute approximate surface area is 107 Å². The average molecular weight is 242 g/mol. The number of para-hydroxylation sites is 1. The Hall–Kier alpha value is -2.03. The first-order valence-corrected chi connectivity index (χ1v) is 6.04. The van der Waals surface area contributed by atoms with Crippen LogP contribution in [0.1, 0.15) is 12.6 Å². The van der Waals surface area contributed by atoms with E-state index in [4.69, 9.17) is 0 Å². The van der Waals surface area contributed by atoms with Gasteiger partial charge in [0.05, 0.1) is 0 Å². The van der Waals surface area contributed by atoms with Gasteiger partial charge in [0.2, 0.25) is 5.91 Å². The minimum absolute atomic E-state index is 0.0162. The lowest BCUT2D eigenvalue weighted by molar-refractivity contribution is -0.121. The number of aryl methyl sites for hydroxylation is 1. The Morgan fingerprint density at radius 1 is 1.39 bits per heavy atom. The Bertz CT molecular complexity index is 596. The van der Waals surface area contributed by atoms with Gasteiger partial charge in [-0.2, -0.15) is 0 Å². The molecule has 18 heavy (non-hydrogen) atoms. The van der Waals surface area contributed by atoms with Crippen molar-refractivity contribution in [2.24, 2.45) is 0 Å². The molecule has 0 aliphatic carbocycles. The molecule has 2 aromatic rings. The summed E-state index contributed by atoms with van der Waals surface area (Å²) >= 11 is 0. The number of fused-ring (bicyclic) bond motifs is 1. The lowest BCUT2D eigenvalue weighted by Crippen LogP contribution is -2.29. The van der Waals surface area contributed by atoms with Crippen LogP contribution in [0.2, 0.25) is 0 Å². The van der Waals surface area contributed by atoms with Crippen molar-refractivity contribution >= 4 is 16.8 Å². The molecule has 0 unspecified atom stereocenters. The Morgan fingerprint density at radius 3 is 2.83 bits per heavy atom. The number of hydrogen-bond acceptors (Lipinski definition) is 1. The molecule has 0 bridgehead atoms. The van der Waals surface area contributed by atoms with Crippen molar-refractivity contribution in [3.05, 3.63) is 48.2 Å². The van der Waals surface area contributed by atoms with E-state index >= 15 is 0 Å². The van der Waals surface area contributed by atoms with Crippen molar-refractivity contribution in [1.82, 2.24) is 9.88 Å². The number of aromatic nitrogens is 1. The molecule has 1 heterocycles. The summed E-state index contributed by atoms with van der Waals surface area (Å²) in [6.07, 6.45) is 0. The number of hydrogen-bond donors (Lipinski definition) is 1. The predicted octanol–water partition coefficient (Wildman–Crippen LogP) is 2.64. The van der Waals surface area contributed by atoms with E-state index in [2.05, 4.69) is 24.0 Å². The molecule has 0 saturated carbocycles. The van der Waals surface area contributed by atoms with Gasteiger partial charge in [-0.1, -0.05) is 30.4 Å². The Balaban J connectivity index is 2.18. The van der Waals surface area contributed by atoms with E-state index in [0.29, 0.717) is 13.1 Å². The van der Waals surface area contributed by atoms with Crippen molar-refractivity contribution in [2.45, 2.75) is 20.4 Å². The van der Waals surface area contributed by atoms with E-state index < -0.39 is 0 Å². The molecule has 1 N–H and O–H groups in total. The highest BCUT2D eigenvalue weighted by Gasteiger charge is 2.08. The summed E-state index contributed by atoms with van der Waals surface area (Å²) in [6.45, 7) is 8.58. The summed E-state index contributed by atoms with van der Waals surface area (Å²) in [6, 6.07) is 10.2. The highest BCUT2D eigenvalue weighted by atomic mass is 16.1.